The van der Waals surface area contributed by atoms with E-state index in [0.717, 1.165) is 13.1 Å². The van der Waals surface area contributed by atoms with Crippen LogP contribution in [0.1, 0.15) is 40.5 Å². The molecule has 1 aliphatic rings. The van der Waals surface area contributed by atoms with Gasteiger partial charge in [-0.3, -0.25) is 4.90 Å². The second-order valence-electron chi connectivity index (χ2n) is 5.54. The first-order valence-corrected chi connectivity index (χ1v) is 6.07. The molecule has 1 rings (SSSR count). The summed E-state index contributed by atoms with van der Waals surface area (Å²) in [5, 5.41) is 2.78. The number of nitrogens with zero attached hydrogens (tertiary/aromatic N) is 1. The summed E-state index contributed by atoms with van der Waals surface area (Å²) in [5.41, 5.74) is -0.224. The van der Waals surface area contributed by atoms with E-state index >= 15 is 0 Å². The van der Waals surface area contributed by atoms with Gasteiger partial charge in [0.1, 0.15) is 6.61 Å². The van der Waals surface area contributed by atoms with Crippen molar-refractivity contribution in [3.05, 3.63) is 0 Å². The number of likely N-dealkylation sites (tertiary alicyclic amines) is 1. The minimum absolute atomic E-state index is 0.224. The molecule has 1 N–H and O–H groups in total. The summed E-state index contributed by atoms with van der Waals surface area (Å²) < 4.78 is 5.14. The number of carbonyl (C=O) groups excluding carboxylic acids is 1. The Morgan fingerprint density at radius 3 is 2.69 bits per heavy atom. The Labute approximate surface area is 98.3 Å². The van der Waals surface area contributed by atoms with Gasteiger partial charge in [0.25, 0.3) is 0 Å². The Morgan fingerprint density at radius 1 is 1.50 bits per heavy atom. The van der Waals surface area contributed by atoms with Crippen LogP contribution in [-0.2, 0) is 4.74 Å². The SMILES string of the molecule is CC1CCCN1CCOC(=O)NC(C)(C)C. The van der Waals surface area contributed by atoms with Crippen LogP contribution in [0.15, 0.2) is 0 Å². The van der Waals surface area contributed by atoms with E-state index in [9.17, 15) is 4.79 Å². The molecule has 1 heterocycles. The first kappa shape index (κ1) is 13.3. The monoisotopic (exact) mass is 228 g/mol. The zero-order valence-corrected chi connectivity index (χ0v) is 10.9. The molecule has 1 amide bonds. The molecule has 0 spiro atoms. The van der Waals surface area contributed by atoms with E-state index in [0.29, 0.717) is 12.6 Å². The Morgan fingerprint density at radius 2 is 2.19 bits per heavy atom. The third-order valence-electron chi connectivity index (χ3n) is 2.78. The van der Waals surface area contributed by atoms with E-state index in [4.69, 9.17) is 4.74 Å². The van der Waals surface area contributed by atoms with Crippen LogP contribution < -0.4 is 5.32 Å². The molecule has 1 fully saturated rings. The van der Waals surface area contributed by atoms with Gasteiger partial charge in [-0.25, -0.2) is 4.79 Å². The van der Waals surface area contributed by atoms with Gasteiger partial charge < -0.3 is 10.1 Å². The van der Waals surface area contributed by atoms with Gasteiger partial charge in [-0.1, -0.05) is 0 Å². The first-order chi connectivity index (χ1) is 7.38. The number of hydrogen-bond donors (Lipinski definition) is 1. The quantitative estimate of drug-likeness (QED) is 0.803. The van der Waals surface area contributed by atoms with Crippen molar-refractivity contribution in [3.63, 3.8) is 0 Å². The van der Waals surface area contributed by atoms with Crippen molar-refractivity contribution in [3.8, 4) is 0 Å². The molecule has 4 nitrogen and oxygen atoms in total. The van der Waals surface area contributed by atoms with E-state index in [1.54, 1.807) is 0 Å². The average molecular weight is 228 g/mol. The molecule has 0 aliphatic carbocycles. The largest absolute Gasteiger partial charge is 0.448 e. The maximum Gasteiger partial charge on any atom is 0.407 e. The summed E-state index contributed by atoms with van der Waals surface area (Å²) >= 11 is 0. The predicted molar refractivity (Wildman–Crippen MR) is 64.5 cm³/mol. The van der Waals surface area contributed by atoms with Crippen LogP contribution in [0.2, 0.25) is 0 Å². The van der Waals surface area contributed by atoms with Crippen LogP contribution >= 0.6 is 0 Å². The fourth-order valence-electron chi connectivity index (χ4n) is 1.92. The maximum absolute atomic E-state index is 11.4. The number of carbonyl (C=O) groups is 1. The van der Waals surface area contributed by atoms with Crippen LogP contribution in [-0.4, -0.2) is 42.3 Å². The highest BCUT2D eigenvalue weighted by Crippen LogP contribution is 2.15. The molecule has 94 valence electrons. The number of hydrogen-bond acceptors (Lipinski definition) is 3. The highest BCUT2D eigenvalue weighted by molar-refractivity contribution is 5.68. The molecule has 1 unspecified atom stereocenters. The normalized spacial score (nSPS) is 22.1. The van der Waals surface area contributed by atoms with Gasteiger partial charge >= 0.3 is 6.09 Å². The Hall–Kier alpha value is -0.770. The first-order valence-electron chi connectivity index (χ1n) is 6.07. The van der Waals surface area contributed by atoms with Crippen LogP contribution in [0.5, 0.6) is 0 Å². The van der Waals surface area contributed by atoms with Gasteiger partial charge in [0.2, 0.25) is 0 Å². The zero-order chi connectivity index (χ0) is 12.2. The zero-order valence-electron chi connectivity index (χ0n) is 10.9. The van der Waals surface area contributed by atoms with Crippen LogP contribution in [0.4, 0.5) is 4.79 Å². The second-order valence-corrected chi connectivity index (χ2v) is 5.54. The topological polar surface area (TPSA) is 41.6 Å². The van der Waals surface area contributed by atoms with Gasteiger partial charge in [-0.15, -0.1) is 0 Å². The van der Waals surface area contributed by atoms with Crippen molar-refractivity contribution >= 4 is 6.09 Å². The molecule has 1 aliphatic heterocycles. The molecule has 0 saturated carbocycles. The van der Waals surface area contributed by atoms with Gasteiger partial charge in [-0.05, 0) is 47.1 Å². The highest BCUT2D eigenvalue weighted by Gasteiger charge is 2.20. The molecule has 16 heavy (non-hydrogen) atoms. The third-order valence-corrected chi connectivity index (χ3v) is 2.78. The summed E-state index contributed by atoms with van der Waals surface area (Å²) in [6, 6.07) is 0.634. The van der Waals surface area contributed by atoms with Crippen LogP contribution in [0.25, 0.3) is 0 Å². The highest BCUT2D eigenvalue weighted by atomic mass is 16.5. The Kier molecular flexibility index (Phi) is 4.59. The molecule has 4 heteroatoms. The molecule has 0 radical (unpaired) electrons. The Balaban J connectivity index is 2.13. The summed E-state index contributed by atoms with van der Waals surface area (Å²) in [7, 11) is 0. The number of alkyl carbamates (subject to hydrolysis) is 1. The van der Waals surface area contributed by atoms with Crippen molar-refractivity contribution in [1.82, 2.24) is 10.2 Å². The fraction of sp³-hybridized carbons (Fsp3) is 0.917. The number of amides is 1. The molecule has 0 aromatic carbocycles. The fourth-order valence-corrected chi connectivity index (χ4v) is 1.92. The number of rotatable bonds is 3. The lowest BCUT2D eigenvalue weighted by Gasteiger charge is -2.22. The molecular weight excluding hydrogens is 204 g/mol. The van der Waals surface area contributed by atoms with Gasteiger partial charge in [0.05, 0.1) is 0 Å². The van der Waals surface area contributed by atoms with E-state index in [1.165, 1.54) is 12.8 Å². The summed E-state index contributed by atoms with van der Waals surface area (Å²) in [6.07, 6.45) is 2.20. The summed E-state index contributed by atoms with van der Waals surface area (Å²) in [4.78, 5) is 13.7. The molecule has 1 atom stereocenters. The van der Waals surface area contributed by atoms with Crippen molar-refractivity contribution in [2.75, 3.05) is 19.7 Å². The van der Waals surface area contributed by atoms with Gasteiger partial charge in [0, 0.05) is 18.1 Å². The van der Waals surface area contributed by atoms with Crippen LogP contribution in [0, 0.1) is 0 Å². The molecule has 0 aromatic rings. The lowest BCUT2D eigenvalue weighted by Crippen LogP contribution is -2.42. The summed E-state index contributed by atoms with van der Waals surface area (Å²) in [5.74, 6) is 0. The molecular formula is C12H24N2O2. The standard InChI is InChI=1S/C12H24N2O2/c1-10-6-5-7-14(10)8-9-16-11(15)13-12(2,3)4/h10H,5-9H2,1-4H3,(H,13,15). The van der Waals surface area contributed by atoms with Crippen molar-refractivity contribution in [2.45, 2.75) is 52.1 Å². The minimum atomic E-state index is -0.320. The molecule has 0 bridgehead atoms. The third kappa shape index (κ3) is 4.84. The molecule has 1 saturated heterocycles. The van der Waals surface area contributed by atoms with Gasteiger partial charge in [0.15, 0.2) is 0 Å². The van der Waals surface area contributed by atoms with Crippen LogP contribution in [0.3, 0.4) is 0 Å². The average Bonchev–Trinajstić information content (AvgIpc) is 2.48. The van der Waals surface area contributed by atoms with Crippen molar-refractivity contribution in [1.29, 1.82) is 0 Å². The van der Waals surface area contributed by atoms with Gasteiger partial charge in [-0.2, -0.15) is 0 Å². The smallest absolute Gasteiger partial charge is 0.407 e. The van der Waals surface area contributed by atoms with E-state index < -0.39 is 0 Å². The van der Waals surface area contributed by atoms with Crippen molar-refractivity contribution in [2.24, 2.45) is 0 Å². The Bertz CT molecular complexity index is 236. The maximum atomic E-state index is 11.4. The lowest BCUT2D eigenvalue weighted by atomic mass is 10.1. The van der Waals surface area contributed by atoms with E-state index in [-0.39, 0.29) is 11.6 Å². The number of nitrogens with one attached hydrogen (secondary N) is 1. The minimum Gasteiger partial charge on any atom is -0.448 e. The molecule has 0 aromatic heterocycles. The predicted octanol–water partition coefficient (Wildman–Crippen LogP) is 2.00. The number of ether oxygens (including phenoxy) is 1. The lowest BCUT2D eigenvalue weighted by molar-refractivity contribution is 0.119. The summed E-state index contributed by atoms with van der Waals surface area (Å²) in [6.45, 7) is 10.5. The van der Waals surface area contributed by atoms with E-state index in [1.807, 2.05) is 20.8 Å². The second kappa shape index (κ2) is 5.53. The van der Waals surface area contributed by atoms with E-state index in [2.05, 4.69) is 17.1 Å². The van der Waals surface area contributed by atoms with Crippen molar-refractivity contribution < 1.29 is 9.53 Å².